The Morgan fingerprint density at radius 1 is 1.17 bits per heavy atom. The van der Waals surface area contributed by atoms with E-state index in [-0.39, 0.29) is 17.3 Å². The van der Waals surface area contributed by atoms with Crippen LogP contribution in [0.3, 0.4) is 0 Å². The number of rotatable bonds is 9. The van der Waals surface area contributed by atoms with Crippen molar-refractivity contribution in [2.24, 2.45) is 0 Å². The highest BCUT2D eigenvalue weighted by atomic mass is 35.5. The molecule has 0 aliphatic heterocycles. The molecule has 0 spiro atoms. The van der Waals surface area contributed by atoms with Gasteiger partial charge in [-0.05, 0) is 63.6 Å². The Kier molecular flexibility index (Phi) is 9.13. The standard InChI is InChI=1S/C24H31ClFN3O5S/c1-16(23(31)27-24(2,3)4)28(14-17-8-7-9-19(12-17)34-5)22(30)15-29(35(6,32)33)18-10-11-21(26)20(25)13-18/h7-13,16H,14-15H2,1-6H3,(H,27,31)/t16-/m1/s1. The summed E-state index contributed by atoms with van der Waals surface area (Å²) in [7, 11) is -2.44. The van der Waals surface area contributed by atoms with Crippen molar-refractivity contribution in [3.05, 3.63) is 58.9 Å². The van der Waals surface area contributed by atoms with Gasteiger partial charge in [0.1, 0.15) is 24.2 Å². The smallest absolute Gasteiger partial charge is 0.244 e. The molecule has 1 atom stereocenters. The molecule has 0 saturated heterocycles. The van der Waals surface area contributed by atoms with Crippen LogP contribution in [0.5, 0.6) is 5.75 Å². The maximum atomic E-state index is 13.7. The van der Waals surface area contributed by atoms with E-state index in [1.165, 1.54) is 18.1 Å². The minimum atomic E-state index is -3.95. The molecule has 0 radical (unpaired) electrons. The number of anilines is 1. The summed E-state index contributed by atoms with van der Waals surface area (Å²) in [5.74, 6) is -1.18. The first-order valence-corrected chi connectivity index (χ1v) is 13.0. The maximum Gasteiger partial charge on any atom is 0.244 e. The number of amides is 2. The molecule has 0 aliphatic carbocycles. The number of nitrogens with one attached hydrogen (secondary N) is 1. The highest BCUT2D eigenvalue weighted by Crippen LogP contribution is 2.25. The zero-order chi connectivity index (χ0) is 26.6. The van der Waals surface area contributed by atoms with E-state index in [4.69, 9.17) is 16.3 Å². The van der Waals surface area contributed by atoms with Gasteiger partial charge in [-0.1, -0.05) is 23.7 Å². The van der Waals surface area contributed by atoms with Gasteiger partial charge in [-0.3, -0.25) is 13.9 Å². The number of carbonyl (C=O) groups is 2. The molecule has 2 rings (SSSR count). The molecule has 0 unspecified atom stereocenters. The van der Waals surface area contributed by atoms with E-state index in [2.05, 4.69) is 5.32 Å². The number of hydrogen-bond acceptors (Lipinski definition) is 5. The first kappa shape index (κ1) is 28.4. The molecule has 0 heterocycles. The van der Waals surface area contributed by atoms with Gasteiger partial charge < -0.3 is 15.0 Å². The molecule has 11 heteroatoms. The predicted octanol–water partition coefficient (Wildman–Crippen LogP) is 3.59. The molecule has 0 aromatic heterocycles. The fourth-order valence-corrected chi connectivity index (χ4v) is 4.29. The topological polar surface area (TPSA) is 96.0 Å². The lowest BCUT2D eigenvalue weighted by Crippen LogP contribution is -2.54. The van der Waals surface area contributed by atoms with Crippen molar-refractivity contribution >= 4 is 39.1 Å². The Morgan fingerprint density at radius 2 is 1.83 bits per heavy atom. The van der Waals surface area contributed by atoms with E-state index in [9.17, 15) is 22.4 Å². The second kappa shape index (κ2) is 11.3. The monoisotopic (exact) mass is 527 g/mol. The number of halogens is 2. The number of methoxy groups -OCH3 is 1. The third kappa shape index (κ3) is 8.10. The fourth-order valence-electron chi connectivity index (χ4n) is 3.28. The van der Waals surface area contributed by atoms with Crippen molar-refractivity contribution in [3.8, 4) is 5.75 Å². The summed E-state index contributed by atoms with van der Waals surface area (Å²) in [5.41, 5.74) is 0.170. The number of ether oxygens (including phenoxy) is 1. The number of carbonyl (C=O) groups excluding carboxylic acids is 2. The number of sulfonamides is 1. The van der Waals surface area contributed by atoms with Gasteiger partial charge in [0.2, 0.25) is 21.8 Å². The van der Waals surface area contributed by atoms with Gasteiger partial charge in [0.05, 0.1) is 24.1 Å². The molecule has 2 aromatic rings. The average Bonchev–Trinajstić information content (AvgIpc) is 2.75. The van der Waals surface area contributed by atoms with E-state index in [1.807, 2.05) is 20.8 Å². The average molecular weight is 528 g/mol. The Labute approximate surface area is 211 Å². The van der Waals surface area contributed by atoms with Gasteiger partial charge in [-0.25, -0.2) is 12.8 Å². The van der Waals surface area contributed by atoms with Gasteiger partial charge >= 0.3 is 0 Å². The zero-order valence-electron chi connectivity index (χ0n) is 20.6. The van der Waals surface area contributed by atoms with Crippen LogP contribution in [0, 0.1) is 5.82 Å². The van der Waals surface area contributed by atoms with Crippen LogP contribution in [0.15, 0.2) is 42.5 Å². The molecule has 0 bridgehead atoms. The summed E-state index contributed by atoms with van der Waals surface area (Å²) >= 11 is 5.84. The summed E-state index contributed by atoms with van der Waals surface area (Å²) in [4.78, 5) is 27.7. The Bertz CT molecular complexity index is 1180. The van der Waals surface area contributed by atoms with Crippen molar-refractivity contribution in [2.45, 2.75) is 45.8 Å². The van der Waals surface area contributed by atoms with E-state index in [0.29, 0.717) is 11.3 Å². The first-order valence-electron chi connectivity index (χ1n) is 10.8. The van der Waals surface area contributed by atoms with Crippen molar-refractivity contribution in [1.29, 1.82) is 0 Å². The third-order valence-electron chi connectivity index (χ3n) is 5.02. The lowest BCUT2D eigenvalue weighted by molar-refractivity contribution is -0.140. The van der Waals surface area contributed by atoms with Gasteiger partial charge in [-0.2, -0.15) is 0 Å². The van der Waals surface area contributed by atoms with E-state index in [1.54, 1.807) is 31.2 Å². The van der Waals surface area contributed by atoms with Crippen molar-refractivity contribution in [2.75, 3.05) is 24.2 Å². The van der Waals surface area contributed by atoms with Gasteiger partial charge in [0.25, 0.3) is 0 Å². The first-order chi connectivity index (χ1) is 16.1. The largest absolute Gasteiger partial charge is 0.497 e. The Hall–Kier alpha value is -2.85. The molecule has 8 nitrogen and oxygen atoms in total. The van der Waals surface area contributed by atoms with Crippen molar-refractivity contribution < 1.29 is 27.1 Å². The SMILES string of the molecule is COc1cccc(CN(C(=O)CN(c2ccc(F)c(Cl)c2)S(C)(=O)=O)[C@H](C)C(=O)NC(C)(C)C)c1. The second-order valence-corrected chi connectivity index (χ2v) is 11.5. The van der Waals surface area contributed by atoms with Crippen LogP contribution in [0.25, 0.3) is 0 Å². The van der Waals surface area contributed by atoms with Crippen molar-refractivity contribution in [3.63, 3.8) is 0 Å². The van der Waals surface area contributed by atoms with Gasteiger partial charge in [-0.15, -0.1) is 0 Å². The van der Waals surface area contributed by atoms with E-state index in [0.717, 1.165) is 22.7 Å². The van der Waals surface area contributed by atoms with Crippen LogP contribution >= 0.6 is 11.6 Å². The Balaban J connectivity index is 2.44. The van der Waals surface area contributed by atoms with Crippen LogP contribution in [0.1, 0.15) is 33.3 Å². The summed E-state index contributed by atoms with van der Waals surface area (Å²) in [6.07, 6.45) is 0.930. The normalized spacial score (nSPS) is 12.6. The van der Waals surface area contributed by atoms with Gasteiger partial charge in [0, 0.05) is 12.1 Å². The molecular formula is C24H31ClFN3O5S. The summed E-state index contributed by atoms with van der Waals surface area (Å²) < 4.78 is 44.8. The van der Waals surface area contributed by atoms with Crippen LogP contribution in [0.4, 0.5) is 10.1 Å². The van der Waals surface area contributed by atoms with E-state index < -0.39 is 45.8 Å². The highest BCUT2D eigenvalue weighted by Gasteiger charge is 2.31. The highest BCUT2D eigenvalue weighted by molar-refractivity contribution is 7.92. The maximum absolute atomic E-state index is 13.7. The minimum absolute atomic E-state index is 0.0243. The molecule has 0 saturated carbocycles. The third-order valence-corrected chi connectivity index (χ3v) is 6.45. The molecule has 35 heavy (non-hydrogen) atoms. The van der Waals surface area contributed by atoms with Crippen LogP contribution < -0.4 is 14.4 Å². The molecule has 2 aromatic carbocycles. The lowest BCUT2D eigenvalue weighted by Gasteiger charge is -2.33. The predicted molar refractivity (Wildman–Crippen MR) is 135 cm³/mol. The summed E-state index contributed by atoms with van der Waals surface area (Å²) in [5, 5.41) is 2.56. The minimum Gasteiger partial charge on any atom is -0.497 e. The summed E-state index contributed by atoms with van der Waals surface area (Å²) in [6, 6.07) is 9.44. The van der Waals surface area contributed by atoms with Crippen molar-refractivity contribution in [1.82, 2.24) is 10.2 Å². The lowest BCUT2D eigenvalue weighted by atomic mass is 10.1. The molecule has 0 fully saturated rings. The van der Waals surface area contributed by atoms with Crippen LogP contribution in [-0.4, -0.2) is 56.6 Å². The molecule has 192 valence electrons. The molecule has 1 N–H and O–H groups in total. The quantitative estimate of drug-likeness (QED) is 0.537. The molecule has 0 aliphatic rings. The van der Waals surface area contributed by atoms with Crippen LogP contribution in [-0.2, 0) is 26.2 Å². The molecular weight excluding hydrogens is 497 g/mol. The zero-order valence-corrected chi connectivity index (χ0v) is 22.2. The van der Waals surface area contributed by atoms with Crippen LogP contribution in [0.2, 0.25) is 5.02 Å². The Morgan fingerprint density at radius 3 is 2.37 bits per heavy atom. The number of hydrogen-bond donors (Lipinski definition) is 1. The second-order valence-electron chi connectivity index (χ2n) is 9.16. The summed E-state index contributed by atoms with van der Waals surface area (Å²) in [6.45, 7) is 6.42. The van der Waals surface area contributed by atoms with Gasteiger partial charge in [0.15, 0.2) is 0 Å². The number of nitrogens with zero attached hydrogens (tertiary/aromatic N) is 2. The van der Waals surface area contributed by atoms with E-state index >= 15 is 0 Å². The fraction of sp³-hybridized carbons (Fsp3) is 0.417. The number of benzene rings is 2. The molecule has 2 amide bonds.